The summed E-state index contributed by atoms with van der Waals surface area (Å²) >= 11 is 0. The van der Waals surface area contributed by atoms with Crippen LogP contribution in [0.25, 0.3) is 11.6 Å². The van der Waals surface area contributed by atoms with Gasteiger partial charge in [0.1, 0.15) is 0 Å². The molecular weight excluding hydrogens is 390 g/mol. The highest BCUT2D eigenvalue weighted by atomic mass is 15.2. The Balaban J connectivity index is 1.06. The van der Waals surface area contributed by atoms with E-state index in [0.717, 1.165) is 24.5 Å². The third-order valence-corrected chi connectivity index (χ3v) is 8.65. The average Bonchev–Trinajstić information content (AvgIpc) is 3.25. The second kappa shape index (κ2) is 8.68. The Hall–Kier alpha value is -2.10. The van der Waals surface area contributed by atoms with Crippen LogP contribution in [-0.2, 0) is 6.42 Å². The maximum atomic E-state index is 4.08. The number of rotatable bonds is 4. The molecule has 4 aliphatic rings. The van der Waals surface area contributed by atoms with Crippen LogP contribution in [-0.4, -0.2) is 49.2 Å². The molecule has 2 aromatic rings. The van der Waals surface area contributed by atoms with Crippen molar-refractivity contribution in [3.05, 3.63) is 65.2 Å². The quantitative estimate of drug-likeness (QED) is 0.709. The van der Waals surface area contributed by atoms with Crippen LogP contribution >= 0.6 is 0 Å². The monoisotopic (exact) mass is 427 g/mol. The van der Waals surface area contributed by atoms with Gasteiger partial charge in [-0.05, 0) is 86.4 Å². The van der Waals surface area contributed by atoms with Crippen molar-refractivity contribution in [1.82, 2.24) is 10.2 Å². The molecule has 2 aromatic carbocycles. The number of allylic oxidation sites excluding steroid dienone is 1. The molecule has 2 bridgehead atoms. The van der Waals surface area contributed by atoms with E-state index in [1.807, 2.05) is 0 Å². The maximum absolute atomic E-state index is 4.08. The number of nitrogens with zero attached hydrogens (tertiary/aromatic N) is 2. The zero-order chi connectivity index (χ0) is 21.5. The van der Waals surface area contributed by atoms with Crippen molar-refractivity contribution in [1.29, 1.82) is 0 Å². The number of anilines is 1. The van der Waals surface area contributed by atoms with Gasteiger partial charge in [0.2, 0.25) is 0 Å². The minimum atomic E-state index is 0.690. The number of piperidine rings is 3. The summed E-state index contributed by atoms with van der Waals surface area (Å²) < 4.78 is 0. The predicted octanol–water partition coefficient (Wildman–Crippen LogP) is 5.36. The number of hydrogen-bond acceptors (Lipinski definition) is 3. The first-order chi connectivity index (χ1) is 15.7. The summed E-state index contributed by atoms with van der Waals surface area (Å²) in [6, 6.07) is 21.1. The number of hydrogen-bond donors (Lipinski definition) is 1. The van der Waals surface area contributed by atoms with E-state index in [-0.39, 0.29) is 0 Å². The molecule has 3 aliphatic heterocycles. The molecule has 3 atom stereocenters. The van der Waals surface area contributed by atoms with Crippen molar-refractivity contribution in [2.24, 2.45) is 0 Å². The lowest BCUT2D eigenvalue weighted by Crippen LogP contribution is -2.56. The fourth-order valence-corrected chi connectivity index (χ4v) is 6.76. The molecule has 32 heavy (non-hydrogen) atoms. The van der Waals surface area contributed by atoms with Gasteiger partial charge < -0.3 is 15.1 Å². The van der Waals surface area contributed by atoms with Gasteiger partial charge in [0.25, 0.3) is 0 Å². The van der Waals surface area contributed by atoms with Gasteiger partial charge in [-0.3, -0.25) is 0 Å². The molecule has 1 aliphatic carbocycles. The van der Waals surface area contributed by atoms with Crippen molar-refractivity contribution in [3.63, 3.8) is 0 Å². The van der Waals surface area contributed by atoms with E-state index in [9.17, 15) is 0 Å². The predicted molar refractivity (Wildman–Crippen MR) is 135 cm³/mol. The summed E-state index contributed by atoms with van der Waals surface area (Å²) in [5, 5.41) is 4.08. The first-order valence-electron chi connectivity index (χ1n) is 12.8. The Morgan fingerprint density at radius 2 is 1.62 bits per heavy atom. The third-order valence-electron chi connectivity index (χ3n) is 8.65. The molecule has 3 fully saturated rings. The standard InChI is InChI=1S/C29H37N3/c1-31-27-9-5-10-28(31)20-26(19-27)30-25-12-14-32(15-13-25)29-11-4-8-23(18-29)24-16-21-6-2-3-7-22(21)17-24/h2-4,6-8,11,16,18,25-28,30H,5,9-10,12-15,17,19-20H2,1H3/t26?,27-,28+. The van der Waals surface area contributed by atoms with Crippen molar-refractivity contribution < 1.29 is 0 Å². The van der Waals surface area contributed by atoms with Crippen molar-refractivity contribution in [3.8, 4) is 0 Å². The van der Waals surface area contributed by atoms with Crippen molar-refractivity contribution in [2.45, 2.75) is 75.5 Å². The molecule has 168 valence electrons. The smallest absolute Gasteiger partial charge is 0.0372 e. The summed E-state index contributed by atoms with van der Waals surface area (Å²) in [5.74, 6) is 0. The SMILES string of the molecule is CN1[C@@H]2CCC[C@H]1CC(NC1CCN(c3cccc(C4=Cc5ccccc5C4)c3)CC1)C2. The lowest BCUT2D eigenvalue weighted by Gasteiger charge is -2.48. The van der Waals surface area contributed by atoms with Gasteiger partial charge in [0.05, 0.1) is 0 Å². The van der Waals surface area contributed by atoms with Crippen molar-refractivity contribution >= 4 is 17.3 Å². The Morgan fingerprint density at radius 1 is 0.844 bits per heavy atom. The number of benzene rings is 2. The molecule has 3 heteroatoms. The highest BCUT2D eigenvalue weighted by Crippen LogP contribution is 2.35. The van der Waals surface area contributed by atoms with Crippen LogP contribution < -0.4 is 10.2 Å². The van der Waals surface area contributed by atoms with Crippen LogP contribution in [0.3, 0.4) is 0 Å². The largest absolute Gasteiger partial charge is 0.371 e. The van der Waals surface area contributed by atoms with Gasteiger partial charge >= 0.3 is 0 Å². The van der Waals surface area contributed by atoms with E-state index >= 15 is 0 Å². The van der Waals surface area contributed by atoms with Crippen LogP contribution in [0, 0.1) is 0 Å². The van der Waals surface area contributed by atoms with Gasteiger partial charge in [0.15, 0.2) is 0 Å². The second-order valence-electron chi connectivity index (χ2n) is 10.6. The lowest BCUT2D eigenvalue weighted by molar-refractivity contribution is 0.0449. The fourth-order valence-electron chi connectivity index (χ4n) is 6.76. The van der Waals surface area contributed by atoms with Gasteiger partial charge in [0, 0.05) is 42.9 Å². The molecule has 3 nitrogen and oxygen atoms in total. The number of nitrogens with one attached hydrogen (secondary N) is 1. The van der Waals surface area contributed by atoms with Crippen LogP contribution in [0.5, 0.6) is 0 Å². The summed E-state index contributed by atoms with van der Waals surface area (Å²) in [5.41, 5.74) is 7.08. The molecule has 0 amide bonds. The summed E-state index contributed by atoms with van der Waals surface area (Å²) in [6.45, 7) is 2.33. The highest BCUT2D eigenvalue weighted by molar-refractivity contribution is 5.89. The highest BCUT2D eigenvalue weighted by Gasteiger charge is 2.36. The fraction of sp³-hybridized carbons (Fsp3) is 0.517. The van der Waals surface area contributed by atoms with Crippen molar-refractivity contribution in [2.75, 3.05) is 25.0 Å². The summed E-state index contributed by atoms with van der Waals surface area (Å²) in [6.07, 6.45) is 12.9. The van der Waals surface area contributed by atoms with Gasteiger partial charge in [-0.25, -0.2) is 0 Å². The van der Waals surface area contributed by atoms with E-state index in [1.165, 1.54) is 86.0 Å². The molecule has 0 radical (unpaired) electrons. The third kappa shape index (κ3) is 4.02. The Bertz CT molecular complexity index is 973. The van der Waals surface area contributed by atoms with E-state index in [0.29, 0.717) is 6.04 Å². The molecule has 0 spiro atoms. The Kier molecular flexibility index (Phi) is 5.56. The Labute approximate surface area is 193 Å². The first-order valence-corrected chi connectivity index (χ1v) is 12.8. The minimum absolute atomic E-state index is 0.690. The molecule has 6 rings (SSSR count). The van der Waals surface area contributed by atoms with E-state index in [2.05, 4.69) is 76.8 Å². The molecular formula is C29H37N3. The molecule has 3 heterocycles. The molecule has 0 saturated carbocycles. The van der Waals surface area contributed by atoms with Crippen LogP contribution in [0.4, 0.5) is 5.69 Å². The topological polar surface area (TPSA) is 18.5 Å². The first kappa shape index (κ1) is 20.5. The van der Waals surface area contributed by atoms with Gasteiger partial charge in [-0.15, -0.1) is 0 Å². The van der Waals surface area contributed by atoms with Crippen LogP contribution in [0.1, 0.15) is 61.6 Å². The van der Waals surface area contributed by atoms with E-state index in [1.54, 1.807) is 0 Å². The molecule has 3 saturated heterocycles. The normalized spacial score (nSPS) is 28.5. The zero-order valence-electron chi connectivity index (χ0n) is 19.5. The maximum Gasteiger partial charge on any atom is 0.0372 e. The zero-order valence-corrected chi connectivity index (χ0v) is 19.5. The van der Waals surface area contributed by atoms with E-state index < -0.39 is 0 Å². The minimum Gasteiger partial charge on any atom is -0.371 e. The van der Waals surface area contributed by atoms with Gasteiger partial charge in [-0.2, -0.15) is 0 Å². The Morgan fingerprint density at radius 3 is 2.41 bits per heavy atom. The molecule has 1 N–H and O–H groups in total. The van der Waals surface area contributed by atoms with Gasteiger partial charge in [-0.1, -0.05) is 48.9 Å². The average molecular weight is 428 g/mol. The van der Waals surface area contributed by atoms with E-state index in [4.69, 9.17) is 0 Å². The van der Waals surface area contributed by atoms with Crippen LogP contribution in [0.2, 0.25) is 0 Å². The number of fused-ring (bicyclic) bond motifs is 3. The molecule has 0 aromatic heterocycles. The molecule has 1 unspecified atom stereocenters. The summed E-state index contributed by atoms with van der Waals surface area (Å²) in [4.78, 5) is 5.28. The van der Waals surface area contributed by atoms with Crippen LogP contribution in [0.15, 0.2) is 48.5 Å². The summed E-state index contributed by atoms with van der Waals surface area (Å²) in [7, 11) is 2.36. The lowest BCUT2D eigenvalue weighted by atomic mass is 9.82. The second-order valence-corrected chi connectivity index (χ2v) is 10.6.